The summed E-state index contributed by atoms with van der Waals surface area (Å²) in [5.41, 5.74) is 2.91. The molecule has 2 aromatic carbocycles. The van der Waals surface area contributed by atoms with Gasteiger partial charge in [-0.05, 0) is 31.0 Å². The van der Waals surface area contributed by atoms with Crippen molar-refractivity contribution >= 4 is 29.4 Å². The molecule has 4 N–H and O–H groups in total. The summed E-state index contributed by atoms with van der Waals surface area (Å²) in [6, 6.07) is 15.8. The lowest BCUT2D eigenvalue weighted by Gasteiger charge is -2.25. The average molecular weight is 416 g/mol. The highest BCUT2D eigenvalue weighted by Gasteiger charge is 2.52. The van der Waals surface area contributed by atoms with Gasteiger partial charge in [-0.2, -0.15) is 5.01 Å². The number of carbonyl (C=O) groups excluding carboxylic acids is 3. The lowest BCUT2D eigenvalue weighted by atomic mass is 9.87. The molecule has 1 saturated heterocycles. The summed E-state index contributed by atoms with van der Waals surface area (Å²) < 4.78 is 0. The molecule has 7 nitrogen and oxygen atoms in total. The molecule has 1 aliphatic heterocycles. The third-order valence-electron chi connectivity index (χ3n) is 5.16. The molecular formula is C21H24ClN4O3+. The number of nitrogens with two attached hydrogens (primary N) is 1. The highest BCUT2D eigenvalue weighted by molar-refractivity contribution is 6.30. The van der Waals surface area contributed by atoms with Gasteiger partial charge in [0.1, 0.15) is 11.6 Å². The number of amides is 4. The van der Waals surface area contributed by atoms with Crippen molar-refractivity contribution in [3.63, 3.8) is 0 Å². The quantitative estimate of drug-likeness (QED) is 0.602. The zero-order valence-corrected chi connectivity index (χ0v) is 17.1. The second-order valence-corrected chi connectivity index (χ2v) is 7.45. The van der Waals surface area contributed by atoms with E-state index in [-0.39, 0.29) is 12.6 Å². The summed E-state index contributed by atoms with van der Waals surface area (Å²) in [4.78, 5) is 37.8. The summed E-state index contributed by atoms with van der Waals surface area (Å²) in [6.07, 6.45) is 0.367. The third-order valence-corrected chi connectivity index (χ3v) is 5.39. The third kappa shape index (κ3) is 4.26. The SMILES string of the molecule is CC[C@@]1(c2ccccc2)NC(=O)N(NC(=O)C[NH2+][C@@H](C)c2cccc(Cl)c2)C1=O. The van der Waals surface area contributed by atoms with Crippen LogP contribution in [0, 0.1) is 0 Å². The van der Waals surface area contributed by atoms with Crippen LogP contribution in [0.15, 0.2) is 54.6 Å². The van der Waals surface area contributed by atoms with E-state index in [0.29, 0.717) is 17.0 Å². The van der Waals surface area contributed by atoms with Crippen LogP contribution in [0.5, 0.6) is 0 Å². The highest BCUT2D eigenvalue weighted by atomic mass is 35.5. The van der Waals surface area contributed by atoms with Crippen LogP contribution in [-0.2, 0) is 15.1 Å². The Kier molecular flexibility index (Phi) is 6.20. The Morgan fingerprint density at radius 1 is 1.21 bits per heavy atom. The van der Waals surface area contributed by atoms with Crippen LogP contribution < -0.4 is 16.1 Å². The average Bonchev–Trinajstić information content (AvgIpc) is 2.97. The topological polar surface area (TPSA) is 95.1 Å². The number of halogens is 1. The van der Waals surface area contributed by atoms with Crippen molar-refractivity contribution in [1.82, 2.24) is 15.8 Å². The molecule has 0 bridgehead atoms. The number of hydrazine groups is 1. The monoisotopic (exact) mass is 415 g/mol. The largest absolute Gasteiger partial charge is 0.344 e. The smallest absolute Gasteiger partial charge is 0.332 e. The first kappa shape index (κ1) is 20.8. The maximum atomic E-state index is 13.0. The fourth-order valence-electron chi connectivity index (χ4n) is 3.42. The molecule has 0 aromatic heterocycles. The van der Waals surface area contributed by atoms with Crippen molar-refractivity contribution in [1.29, 1.82) is 0 Å². The van der Waals surface area contributed by atoms with Crippen molar-refractivity contribution in [2.75, 3.05) is 6.54 Å². The molecule has 8 heteroatoms. The second-order valence-electron chi connectivity index (χ2n) is 7.01. The zero-order valence-electron chi connectivity index (χ0n) is 16.3. The van der Waals surface area contributed by atoms with Gasteiger partial charge in [0.15, 0.2) is 6.54 Å². The van der Waals surface area contributed by atoms with Crippen LogP contribution in [-0.4, -0.2) is 29.4 Å². The normalized spacial score (nSPS) is 19.8. The van der Waals surface area contributed by atoms with Crippen LogP contribution in [0.2, 0.25) is 5.02 Å². The van der Waals surface area contributed by atoms with Gasteiger partial charge < -0.3 is 10.6 Å². The fourth-order valence-corrected chi connectivity index (χ4v) is 3.62. The standard InChI is InChI=1S/C21H23ClN4O3/c1-3-21(16-9-5-4-6-10-16)19(28)26(20(29)24-21)25-18(27)13-23-14(2)15-8-7-11-17(22)12-15/h4-12,14,23H,3,13H2,1-2H3,(H,24,29)(H,25,27)/p+1/t14-,21-/m0/s1. The molecule has 1 fully saturated rings. The van der Waals surface area contributed by atoms with Crippen molar-refractivity contribution in [2.24, 2.45) is 0 Å². The summed E-state index contributed by atoms with van der Waals surface area (Å²) in [5, 5.41) is 5.95. The lowest BCUT2D eigenvalue weighted by molar-refractivity contribution is -0.682. The molecule has 0 aliphatic carbocycles. The summed E-state index contributed by atoms with van der Waals surface area (Å²) in [7, 11) is 0. The van der Waals surface area contributed by atoms with E-state index in [2.05, 4.69) is 10.7 Å². The van der Waals surface area contributed by atoms with Gasteiger partial charge in [-0.1, -0.05) is 61.0 Å². The summed E-state index contributed by atoms with van der Waals surface area (Å²) >= 11 is 6.01. The van der Waals surface area contributed by atoms with Gasteiger partial charge in [0.05, 0.1) is 0 Å². The molecule has 2 atom stereocenters. The molecule has 1 heterocycles. The highest BCUT2D eigenvalue weighted by Crippen LogP contribution is 2.31. The molecule has 3 rings (SSSR count). The Labute approximate surface area is 174 Å². The first-order chi connectivity index (χ1) is 13.9. The lowest BCUT2D eigenvalue weighted by Crippen LogP contribution is -2.87. The number of nitrogens with one attached hydrogen (secondary N) is 2. The number of quaternary nitrogens is 1. The number of rotatable bonds is 7. The predicted octanol–water partition coefficient (Wildman–Crippen LogP) is 1.85. The van der Waals surface area contributed by atoms with Gasteiger partial charge >= 0.3 is 6.03 Å². The molecule has 2 aromatic rings. The number of imide groups is 1. The van der Waals surface area contributed by atoms with Crippen molar-refractivity contribution < 1.29 is 19.7 Å². The van der Waals surface area contributed by atoms with E-state index in [0.717, 1.165) is 10.6 Å². The van der Waals surface area contributed by atoms with Gasteiger partial charge in [-0.25, -0.2) is 4.79 Å². The fraction of sp³-hybridized carbons (Fsp3) is 0.286. The van der Waals surface area contributed by atoms with Gasteiger partial charge in [0.25, 0.3) is 11.8 Å². The minimum atomic E-state index is -1.18. The zero-order chi connectivity index (χ0) is 21.0. The van der Waals surface area contributed by atoms with E-state index in [4.69, 9.17) is 11.6 Å². The minimum Gasteiger partial charge on any atom is -0.332 e. The van der Waals surface area contributed by atoms with Crippen LogP contribution >= 0.6 is 11.6 Å². The van der Waals surface area contributed by atoms with Crippen molar-refractivity contribution in [3.8, 4) is 0 Å². The molecule has 0 unspecified atom stereocenters. The van der Waals surface area contributed by atoms with E-state index >= 15 is 0 Å². The Morgan fingerprint density at radius 2 is 1.93 bits per heavy atom. The van der Waals surface area contributed by atoms with E-state index in [1.165, 1.54) is 0 Å². The van der Waals surface area contributed by atoms with E-state index in [1.807, 2.05) is 43.4 Å². The van der Waals surface area contributed by atoms with E-state index in [1.54, 1.807) is 30.3 Å². The van der Waals surface area contributed by atoms with Crippen LogP contribution in [0.4, 0.5) is 4.79 Å². The first-order valence-electron chi connectivity index (χ1n) is 9.48. The van der Waals surface area contributed by atoms with Gasteiger partial charge in [-0.3, -0.25) is 15.0 Å². The molecule has 1 aliphatic rings. The molecule has 4 amide bonds. The second kappa shape index (κ2) is 8.63. The molecule has 29 heavy (non-hydrogen) atoms. The van der Waals surface area contributed by atoms with Crippen LogP contribution in [0.1, 0.15) is 37.4 Å². The Bertz CT molecular complexity index is 921. The first-order valence-corrected chi connectivity index (χ1v) is 9.85. The van der Waals surface area contributed by atoms with Crippen molar-refractivity contribution in [2.45, 2.75) is 31.8 Å². The predicted molar refractivity (Wildman–Crippen MR) is 109 cm³/mol. The number of carbonyl (C=O) groups is 3. The van der Waals surface area contributed by atoms with Gasteiger partial charge in [0, 0.05) is 10.6 Å². The Balaban J connectivity index is 1.64. The Hall–Kier alpha value is -2.90. The number of urea groups is 1. The molecule has 0 radical (unpaired) electrons. The van der Waals surface area contributed by atoms with E-state index in [9.17, 15) is 14.4 Å². The minimum absolute atomic E-state index is 0.0124. The maximum Gasteiger partial charge on any atom is 0.344 e. The molecule has 152 valence electrons. The van der Waals surface area contributed by atoms with Gasteiger partial charge in [-0.15, -0.1) is 0 Å². The maximum absolute atomic E-state index is 13.0. The molecule has 0 spiro atoms. The molecule has 0 saturated carbocycles. The van der Waals surface area contributed by atoms with Crippen molar-refractivity contribution in [3.05, 3.63) is 70.7 Å². The van der Waals surface area contributed by atoms with E-state index < -0.39 is 23.4 Å². The number of hydrogen-bond acceptors (Lipinski definition) is 3. The number of benzene rings is 2. The van der Waals surface area contributed by atoms with Crippen LogP contribution in [0.3, 0.4) is 0 Å². The summed E-state index contributed by atoms with van der Waals surface area (Å²) in [6.45, 7) is 3.82. The number of nitrogens with zero attached hydrogens (tertiary/aromatic N) is 1. The number of hydrogen-bond donors (Lipinski definition) is 3. The van der Waals surface area contributed by atoms with Gasteiger partial charge in [0.2, 0.25) is 0 Å². The van der Waals surface area contributed by atoms with Crippen LogP contribution in [0.25, 0.3) is 0 Å². The summed E-state index contributed by atoms with van der Waals surface area (Å²) in [5.74, 6) is -0.935. The molecular weight excluding hydrogens is 392 g/mol. The Morgan fingerprint density at radius 3 is 2.59 bits per heavy atom.